The quantitative estimate of drug-likeness (QED) is 0.440. The van der Waals surface area contributed by atoms with Crippen LogP contribution in [0.25, 0.3) is 11.3 Å². The van der Waals surface area contributed by atoms with Crippen molar-refractivity contribution >= 4 is 34.3 Å². The SMILES string of the molecule is CCOc1c(Cl)cc(/C=N\Nc2nc(-c3ccccc3)cs2)cc1OC. The molecule has 2 aromatic carbocycles. The van der Waals surface area contributed by atoms with Crippen LogP contribution in [0.1, 0.15) is 12.5 Å². The maximum atomic E-state index is 6.26. The third kappa shape index (κ3) is 4.33. The molecule has 1 heterocycles. The molecule has 0 atom stereocenters. The van der Waals surface area contributed by atoms with E-state index in [4.69, 9.17) is 21.1 Å². The van der Waals surface area contributed by atoms with E-state index in [2.05, 4.69) is 15.5 Å². The van der Waals surface area contributed by atoms with Crippen molar-refractivity contribution in [3.8, 4) is 22.8 Å². The van der Waals surface area contributed by atoms with Crippen LogP contribution in [-0.4, -0.2) is 24.9 Å². The zero-order chi connectivity index (χ0) is 18.4. The second kappa shape index (κ2) is 8.69. The van der Waals surface area contributed by atoms with Crippen molar-refractivity contribution in [2.45, 2.75) is 6.92 Å². The molecular formula is C19H18ClN3O2S. The summed E-state index contributed by atoms with van der Waals surface area (Å²) in [6, 6.07) is 13.6. The minimum absolute atomic E-state index is 0.480. The highest BCUT2D eigenvalue weighted by atomic mass is 35.5. The molecule has 0 aliphatic carbocycles. The van der Waals surface area contributed by atoms with Gasteiger partial charge in [0.15, 0.2) is 11.5 Å². The Morgan fingerprint density at radius 1 is 1.27 bits per heavy atom. The maximum absolute atomic E-state index is 6.26. The largest absolute Gasteiger partial charge is 0.493 e. The first kappa shape index (κ1) is 18.2. The normalized spacial score (nSPS) is 10.9. The van der Waals surface area contributed by atoms with Crippen molar-refractivity contribution in [3.05, 3.63) is 58.4 Å². The van der Waals surface area contributed by atoms with Gasteiger partial charge in [0.2, 0.25) is 5.13 Å². The number of benzene rings is 2. The molecule has 0 fully saturated rings. The zero-order valence-corrected chi connectivity index (χ0v) is 16.0. The monoisotopic (exact) mass is 387 g/mol. The Morgan fingerprint density at radius 3 is 2.81 bits per heavy atom. The zero-order valence-electron chi connectivity index (χ0n) is 14.4. The molecule has 0 radical (unpaired) electrons. The Hall–Kier alpha value is -2.57. The van der Waals surface area contributed by atoms with Gasteiger partial charge >= 0.3 is 0 Å². The minimum Gasteiger partial charge on any atom is -0.493 e. The Bertz CT molecular complexity index is 897. The number of methoxy groups -OCH3 is 1. The van der Waals surface area contributed by atoms with Gasteiger partial charge in [-0.1, -0.05) is 41.9 Å². The summed E-state index contributed by atoms with van der Waals surface area (Å²) >= 11 is 7.75. The molecule has 0 saturated heterocycles. The highest BCUT2D eigenvalue weighted by Crippen LogP contribution is 2.36. The molecule has 3 rings (SSSR count). The van der Waals surface area contributed by atoms with E-state index < -0.39 is 0 Å². The van der Waals surface area contributed by atoms with E-state index in [9.17, 15) is 0 Å². The highest BCUT2D eigenvalue weighted by Gasteiger charge is 2.11. The van der Waals surface area contributed by atoms with E-state index >= 15 is 0 Å². The van der Waals surface area contributed by atoms with Crippen molar-refractivity contribution < 1.29 is 9.47 Å². The fraction of sp³-hybridized carbons (Fsp3) is 0.158. The van der Waals surface area contributed by atoms with Crippen molar-refractivity contribution in [1.29, 1.82) is 0 Å². The number of thiazole rings is 1. The molecule has 134 valence electrons. The summed E-state index contributed by atoms with van der Waals surface area (Å²) in [5, 5.41) is 7.41. The van der Waals surface area contributed by atoms with Gasteiger partial charge in [0.25, 0.3) is 0 Å². The number of anilines is 1. The van der Waals surface area contributed by atoms with Gasteiger partial charge in [0.05, 0.1) is 30.6 Å². The summed E-state index contributed by atoms with van der Waals surface area (Å²) in [5.41, 5.74) is 5.72. The topological polar surface area (TPSA) is 55.7 Å². The molecule has 7 heteroatoms. The molecule has 0 saturated carbocycles. The minimum atomic E-state index is 0.480. The van der Waals surface area contributed by atoms with Crippen LogP contribution in [0.3, 0.4) is 0 Å². The van der Waals surface area contributed by atoms with Gasteiger partial charge in [-0.05, 0) is 24.6 Å². The lowest BCUT2D eigenvalue weighted by atomic mass is 10.2. The molecule has 26 heavy (non-hydrogen) atoms. The van der Waals surface area contributed by atoms with E-state index in [0.29, 0.717) is 28.3 Å². The van der Waals surface area contributed by atoms with Gasteiger partial charge in [-0.3, -0.25) is 5.43 Å². The van der Waals surface area contributed by atoms with Crippen molar-refractivity contribution in [2.75, 3.05) is 19.1 Å². The third-order valence-electron chi connectivity index (χ3n) is 3.49. The van der Waals surface area contributed by atoms with Crippen LogP contribution in [0, 0.1) is 0 Å². The summed E-state index contributed by atoms with van der Waals surface area (Å²) < 4.78 is 10.8. The predicted octanol–water partition coefficient (Wildman–Crippen LogP) is 5.32. The van der Waals surface area contributed by atoms with Crippen molar-refractivity contribution in [1.82, 2.24) is 4.98 Å². The summed E-state index contributed by atoms with van der Waals surface area (Å²) in [6.07, 6.45) is 1.66. The first-order valence-electron chi connectivity index (χ1n) is 8.01. The van der Waals surface area contributed by atoms with Crippen LogP contribution >= 0.6 is 22.9 Å². The van der Waals surface area contributed by atoms with Crippen LogP contribution in [0.15, 0.2) is 52.9 Å². The number of hydrazone groups is 1. The Balaban J connectivity index is 1.71. The predicted molar refractivity (Wildman–Crippen MR) is 108 cm³/mol. The second-order valence-electron chi connectivity index (χ2n) is 5.24. The third-order valence-corrected chi connectivity index (χ3v) is 4.52. The van der Waals surface area contributed by atoms with E-state index in [-0.39, 0.29) is 0 Å². The second-order valence-corrected chi connectivity index (χ2v) is 6.51. The molecule has 1 N–H and O–H groups in total. The molecule has 0 unspecified atom stereocenters. The van der Waals surface area contributed by atoms with Crippen LogP contribution in [0.4, 0.5) is 5.13 Å². The van der Waals surface area contributed by atoms with E-state index in [1.807, 2.05) is 48.7 Å². The van der Waals surface area contributed by atoms with Gasteiger partial charge in [0.1, 0.15) is 0 Å². The standard InChI is InChI=1S/C19H18ClN3O2S/c1-3-25-18-15(20)9-13(10-17(18)24-2)11-21-23-19-22-16(12-26-19)14-7-5-4-6-8-14/h4-12H,3H2,1-2H3,(H,22,23)/b21-11-. The fourth-order valence-corrected chi connectivity index (χ4v) is 3.27. The summed E-state index contributed by atoms with van der Waals surface area (Å²) in [6.45, 7) is 2.41. The number of hydrogen-bond acceptors (Lipinski definition) is 6. The van der Waals surface area contributed by atoms with Crippen LogP contribution in [-0.2, 0) is 0 Å². The fourth-order valence-electron chi connectivity index (χ4n) is 2.33. The number of rotatable bonds is 7. The van der Waals surface area contributed by atoms with E-state index in [0.717, 1.165) is 16.8 Å². The maximum Gasteiger partial charge on any atom is 0.203 e. The van der Waals surface area contributed by atoms with Crippen LogP contribution < -0.4 is 14.9 Å². The van der Waals surface area contributed by atoms with E-state index in [1.165, 1.54) is 11.3 Å². The molecule has 5 nitrogen and oxygen atoms in total. The molecule has 0 spiro atoms. The molecule has 1 aromatic heterocycles. The molecule has 0 amide bonds. The lowest BCUT2D eigenvalue weighted by Gasteiger charge is -2.11. The smallest absolute Gasteiger partial charge is 0.203 e. The highest BCUT2D eigenvalue weighted by molar-refractivity contribution is 7.14. The Labute approximate surface area is 161 Å². The van der Waals surface area contributed by atoms with Gasteiger partial charge in [-0.15, -0.1) is 11.3 Å². The molecule has 3 aromatic rings. The average molecular weight is 388 g/mol. The number of nitrogens with one attached hydrogen (secondary N) is 1. The number of aromatic nitrogens is 1. The Kier molecular flexibility index (Phi) is 6.09. The molecule has 0 bridgehead atoms. The molecular weight excluding hydrogens is 370 g/mol. The lowest BCUT2D eigenvalue weighted by molar-refractivity contribution is 0.311. The van der Waals surface area contributed by atoms with Crippen molar-refractivity contribution in [3.63, 3.8) is 0 Å². The Morgan fingerprint density at radius 2 is 2.08 bits per heavy atom. The summed E-state index contributed by atoms with van der Waals surface area (Å²) in [5.74, 6) is 1.11. The first-order valence-corrected chi connectivity index (χ1v) is 9.27. The van der Waals surface area contributed by atoms with Crippen LogP contribution in [0.2, 0.25) is 5.02 Å². The number of nitrogens with zero attached hydrogens (tertiary/aromatic N) is 2. The molecule has 0 aliphatic heterocycles. The van der Waals surface area contributed by atoms with Gasteiger partial charge < -0.3 is 9.47 Å². The lowest BCUT2D eigenvalue weighted by Crippen LogP contribution is -1.98. The average Bonchev–Trinajstić information content (AvgIpc) is 3.13. The van der Waals surface area contributed by atoms with Gasteiger partial charge in [-0.2, -0.15) is 5.10 Å². The number of hydrogen-bond donors (Lipinski definition) is 1. The number of halogens is 1. The number of ether oxygens (including phenoxy) is 2. The van der Waals surface area contributed by atoms with Gasteiger partial charge in [-0.25, -0.2) is 4.98 Å². The first-order chi connectivity index (χ1) is 12.7. The van der Waals surface area contributed by atoms with Gasteiger partial charge in [0, 0.05) is 10.9 Å². The van der Waals surface area contributed by atoms with Crippen molar-refractivity contribution in [2.24, 2.45) is 5.10 Å². The van der Waals surface area contributed by atoms with E-state index in [1.54, 1.807) is 19.4 Å². The van der Waals surface area contributed by atoms with Crippen LogP contribution in [0.5, 0.6) is 11.5 Å². The summed E-state index contributed by atoms with van der Waals surface area (Å²) in [7, 11) is 1.58. The summed E-state index contributed by atoms with van der Waals surface area (Å²) in [4.78, 5) is 4.52. The molecule has 0 aliphatic rings.